The first-order valence-electron chi connectivity index (χ1n) is 13.3. The molecule has 0 radical (unpaired) electrons. The maximum atomic E-state index is 15.3. The molecule has 1 aliphatic rings. The van der Waals surface area contributed by atoms with Gasteiger partial charge in [-0.3, -0.25) is 0 Å². The second-order valence-corrected chi connectivity index (χ2v) is 10.1. The number of fused-ring (bicyclic) bond motifs is 1. The van der Waals surface area contributed by atoms with Gasteiger partial charge in [-0.1, -0.05) is 60.7 Å². The zero-order chi connectivity index (χ0) is 26.8. The van der Waals surface area contributed by atoms with Gasteiger partial charge in [-0.2, -0.15) is 4.98 Å². The van der Waals surface area contributed by atoms with Crippen LogP contribution in [0.15, 0.2) is 78.9 Å². The number of benzene rings is 3. The highest BCUT2D eigenvalue weighted by atomic mass is 19.1. The molecule has 0 atom stereocenters. The molecule has 3 aromatic carbocycles. The van der Waals surface area contributed by atoms with Crippen molar-refractivity contribution >= 4 is 22.8 Å². The van der Waals surface area contributed by atoms with Gasteiger partial charge in [-0.05, 0) is 48.4 Å². The lowest BCUT2D eigenvalue weighted by atomic mass is 9.90. The van der Waals surface area contributed by atoms with Gasteiger partial charge < -0.3 is 15.4 Å². The van der Waals surface area contributed by atoms with Gasteiger partial charge in [-0.15, -0.1) is 5.10 Å². The van der Waals surface area contributed by atoms with Crippen LogP contribution in [0.5, 0.6) is 5.75 Å². The number of hydrogen-bond acceptors (Lipinski definition) is 6. The number of methoxy groups -OCH3 is 1. The summed E-state index contributed by atoms with van der Waals surface area (Å²) in [4.78, 5) is 11.9. The van der Waals surface area contributed by atoms with E-state index in [-0.39, 0.29) is 0 Å². The van der Waals surface area contributed by atoms with E-state index >= 15 is 4.39 Å². The summed E-state index contributed by atoms with van der Waals surface area (Å²) in [5, 5.41) is 5.30. The van der Waals surface area contributed by atoms with Crippen molar-refractivity contribution in [1.29, 1.82) is 0 Å². The fraction of sp³-hybridized carbons (Fsp3) is 0.258. The Morgan fingerprint density at radius 3 is 2.28 bits per heavy atom. The maximum Gasteiger partial charge on any atom is 0.228 e. The summed E-state index contributed by atoms with van der Waals surface area (Å²) < 4.78 is 22.3. The lowest BCUT2D eigenvalue weighted by Crippen LogP contribution is -2.35. The van der Waals surface area contributed by atoms with Crippen LogP contribution in [0.1, 0.15) is 24.0 Å². The predicted octanol–water partition coefficient (Wildman–Crippen LogP) is 5.73. The monoisotopic (exact) mass is 522 g/mol. The van der Waals surface area contributed by atoms with Crippen LogP contribution in [-0.4, -0.2) is 39.9 Å². The van der Waals surface area contributed by atoms with E-state index in [4.69, 9.17) is 25.5 Å². The van der Waals surface area contributed by atoms with Crippen molar-refractivity contribution in [2.24, 2.45) is 5.92 Å². The molecule has 8 heteroatoms. The van der Waals surface area contributed by atoms with E-state index in [9.17, 15) is 0 Å². The van der Waals surface area contributed by atoms with Crippen LogP contribution >= 0.6 is 0 Å². The van der Waals surface area contributed by atoms with E-state index in [0.29, 0.717) is 52.3 Å². The fourth-order valence-corrected chi connectivity index (χ4v) is 5.36. The van der Waals surface area contributed by atoms with Crippen LogP contribution in [-0.2, 0) is 13.0 Å². The summed E-state index contributed by atoms with van der Waals surface area (Å²) in [6.07, 6.45) is 3.14. The molecule has 1 fully saturated rings. The number of halogens is 1. The first-order chi connectivity index (χ1) is 19.1. The molecule has 198 valence electrons. The minimum absolute atomic E-state index is 0.342. The molecule has 0 unspecified atom stereocenters. The van der Waals surface area contributed by atoms with Gasteiger partial charge in [0.2, 0.25) is 5.95 Å². The molecular formula is C31H31FN6O. The molecule has 0 bridgehead atoms. The molecule has 39 heavy (non-hydrogen) atoms. The Kier molecular flexibility index (Phi) is 6.84. The minimum atomic E-state index is -0.433. The van der Waals surface area contributed by atoms with Gasteiger partial charge >= 0.3 is 0 Å². The Bertz CT molecular complexity index is 1580. The molecule has 6 rings (SSSR count). The first-order valence-corrected chi connectivity index (χ1v) is 13.3. The van der Waals surface area contributed by atoms with Crippen molar-refractivity contribution in [2.75, 3.05) is 30.8 Å². The molecule has 3 heterocycles. The number of nitrogen functional groups attached to an aromatic ring is 1. The Hall–Kier alpha value is -4.46. The summed E-state index contributed by atoms with van der Waals surface area (Å²) in [7, 11) is 1.52. The van der Waals surface area contributed by atoms with Crippen molar-refractivity contribution in [2.45, 2.75) is 25.8 Å². The SMILES string of the molecule is COc1ccc(-c2nc(N3CCC(Cc4ccccc4)CC3)nc3nn(Cc4ccccc4)c(N)c23)c(F)c1. The second kappa shape index (κ2) is 10.7. The quantitative estimate of drug-likeness (QED) is 0.294. The van der Waals surface area contributed by atoms with Crippen LogP contribution in [0, 0.1) is 11.7 Å². The smallest absolute Gasteiger partial charge is 0.228 e. The lowest BCUT2D eigenvalue weighted by molar-refractivity contribution is 0.401. The van der Waals surface area contributed by atoms with E-state index in [1.807, 2.05) is 30.3 Å². The third-order valence-electron chi connectivity index (χ3n) is 7.50. The van der Waals surface area contributed by atoms with Gasteiger partial charge in [0.05, 0.1) is 24.7 Å². The Morgan fingerprint density at radius 1 is 0.923 bits per heavy atom. The van der Waals surface area contributed by atoms with E-state index in [0.717, 1.165) is 37.9 Å². The van der Waals surface area contributed by atoms with E-state index in [1.165, 1.54) is 18.7 Å². The highest BCUT2D eigenvalue weighted by Gasteiger charge is 2.26. The summed E-state index contributed by atoms with van der Waals surface area (Å²) in [6.45, 7) is 2.13. The molecule has 1 saturated heterocycles. The molecule has 5 aromatic rings. The van der Waals surface area contributed by atoms with Crippen molar-refractivity contribution in [3.05, 3.63) is 95.8 Å². The molecule has 0 saturated carbocycles. The number of rotatable bonds is 7. The summed E-state index contributed by atoms with van der Waals surface area (Å²) in [5.74, 6) is 1.57. The van der Waals surface area contributed by atoms with Crippen molar-refractivity contribution < 1.29 is 9.13 Å². The number of hydrogen-bond donors (Lipinski definition) is 1. The van der Waals surface area contributed by atoms with Gasteiger partial charge in [-0.25, -0.2) is 14.1 Å². The van der Waals surface area contributed by atoms with Crippen LogP contribution in [0.4, 0.5) is 16.2 Å². The van der Waals surface area contributed by atoms with Crippen molar-refractivity contribution in [3.8, 4) is 17.0 Å². The fourth-order valence-electron chi connectivity index (χ4n) is 5.36. The number of ether oxygens (including phenoxy) is 1. The van der Waals surface area contributed by atoms with Gasteiger partial charge in [0.15, 0.2) is 5.65 Å². The number of anilines is 2. The zero-order valence-electron chi connectivity index (χ0n) is 21.9. The summed E-state index contributed by atoms with van der Waals surface area (Å²) >= 11 is 0. The maximum absolute atomic E-state index is 15.3. The highest BCUT2D eigenvalue weighted by Crippen LogP contribution is 2.35. The van der Waals surface area contributed by atoms with Crippen LogP contribution in [0.25, 0.3) is 22.3 Å². The summed E-state index contributed by atoms with van der Waals surface area (Å²) in [6, 6.07) is 25.4. The van der Waals surface area contributed by atoms with Crippen molar-refractivity contribution in [1.82, 2.24) is 19.7 Å². The van der Waals surface area contributed by atoms with E-state index in [1.54, 1.807) is 16.8 Å². The molecule has 2 N–H and O–H groups in total. The Balaban J connectivity index is 1.36. The molecule has 0 spiro atoms. The topological polar surface area (TPSA) is 82.1 Å². The average molecular weight is 523 g/mol. The van der Waals surface area contributed by atoms with Gasteiger partial charge in [0.1, 0.15) is 17.4 Å². The highest BCUT2D eigenvalue weighted by molar-refractivity contribution is 5.99. The number of nitrogens with zero attached hydrogens (tertiary/aromatic N) is 5. The largest absolute Gasteiger partial charge is 0.497 e. The molecule has 0 aliphatic carbocycles. The third-order valence-corrected chi connectivity index (χ3v) is 7.50. The minimum Gasteiger partial charge on any atom is -0.497 e. The standard InChI is InChI=1S/C31H31FN6O/c1-39-24-12-13-25(26(32)19-24)28-27-29(33)38(20-23-10-6-3-7-11-23)36-30(27)35-31(34-28)37-16-14-22(15-17-37)18-21-8-4-2-5-9-21/h2-13,19,22H,14-18,20,33H2,1H3. The lowest BCUT2D eigenvalue weighted by Gasteiger charge is -2.32. The van der Waals surface area contributed by atoms with Gasteiger partial charge in [0, 0.05) is 24.7 Å². The normalized spacial score (nSPS) is 14.2. The molecule has 7 nitrogen and oxygen atoms in total. The number of nitrogens with two attached hydrogens (primary N) is 1. The van der Waals surface area contributed by atoms with E-state index in [2.05, 4.69) is 35.2 Å². The zero-order valence-corrected chi connectivity index (χ0v) is 21.9. The molecule has 1 aliphatic heterocycles. The van der Waals surface area contributed by atoms with E-state index < -0.39 is 5.82 Å². The average Bonchev–Trinajstić information content (AvgIpc) is 3.28. The Labute approximate surface area is 227 Å². The number of aromatic nitrogens is 4. The molecule has 2 aromatic heterocycles. The number of piperidine rings is 1. The summed E-state index contributed by atoms with van der Waals surface area (Å²) in [5.41, 5.74) is 10.3. The Morgan fingerprint density at radius 2 is 1.62 bits per heavy atom. The first kappa shape index (κ1) is 24.9. The second-order valence-electron chi connectivity index (χ2n) is 10.1. The third kappa shape index (κ3) is 5.14. The van der Waals surface area contributed by atoms with Crippen LogP contribution < -0.4 is 15.4 Å². The van der Waals surface area contributed by atoms with Gasteiger partial charge in [0.25, 0.3) is 0 Å². The predicted molar refractivity (Wildman–Crippen MR) is 152 cm³/mol. The van der Waals surface area contributed by atoms with Crippen LogP contribution in [0.2, 0.25) is 0 Å². The van der Waals surface area contributed by atoms with Crippen molar-refractivity contribution in [3.63, 3.8) is 0 Å². The molecule has 0 amide bonds. The van der Waals surface area contributed by atoms with Crippen LogP contribution in [0.3, 0.4) is 0 Å². The molecular weight excluding hydrogens is 491 g/mol.